The summed E-state index contributed by atoms with van der Waals surface area (Å²) in [5.74, 6) is 0.671. The monoisotopic (exact) mass is 238 g/mol. The highest BCUT2D eigenvalue weighted by molar-refractivity contribution is 5.04. The van der Waals surface area contributed by atoms with Gasteiger partial charge in [-0.3, -0.25) is 4.79 Å². The Morgan fingerprint density at radius 3 is 2.71 bits per heavy atom. The maximum absolute atomic E-state index is 11.5. The molecule has 0 radical (unpaired) electrons. The molecular formula is C13H22N2O2. The molecule has 1 heterocycles. The van der Waals surface area contributed by atoms with Crippen molar-refractivity contribution in [1.82, 2.24) is 9.97 Å². The van der Waals surface area contributed by atoms with Crippen LogP contribution in [0, 0.1) is 0 Å². The number of aromatic amines is 1. The van der Waals surface area contributed by atoms with E-state index in [1.807, 2.05) is 6.92 Å². The summed E-state index contributed by atoms with van der Waals surface area (Å²) < 4.78 is 5.62. The Morgan fingerprint density at radius 1 is 1.35 bits per heavy atom. The van der Waals surface area contributed by atoms with Gasteiger partial charge in [0.15, 0.2) is 0 Å². The molecule has 0 aromatic carbocycles. The molecule has 1 unspecified atom stereocenters. The first-order valence-corrected chi connectivity index (χ1v) is 6.42. The van der Waals surface area contributed by atoms with E-state index >= 15 is 0 Å². The number of nitrogens with zero attached hydrogens (tertiary/aromatic N) is 1. The number of nitrogens with one attached hydrogen (secondary N) is 1. The molecule has 0 fully saturated rings. The SMILES string of the molecule is CCCc1cc(=O)[nH]c(C(CCC)OCC)n1. The highest BCUT2D eigenvalue weighted by Gasteiger charge is 2.14. The van der Waals surface area contributed by atoms with Crippen molar-refractivity contribution in [1.29, 1.82) is 0 Å². The maximum Gasteiger partial charge on any atom is 0.251 e. The van der Waals surface area contributed by atoms with Crippen molar-refractivity contribution >= 4 is 0 Å². The van der Waals surface area contributed by atoms with Crippen LogP contribution in [0.4, 0.5) is 0 Å². The number of aromatic nitrogens is 2. The largest absolute Gasteiger partial charge is 0.371 e. The number of aryl methyl sites for hydroxylation is 1. The van der Waals surface area contributed by atoms with Crippen LogP contribution in [-0.4, -0.2) is 16.6 Å². The predicted molar refractivity (Wildman–Crippen MR) is 68.1 cm³/mol. The molecular weight excluding hydrogens is 216 g/mol. The summed E-state index contributed by atoms with van der Waals surface area (Å²) in [7, 11) is 0. The van der Waals surface area contributed by atoms with Crippen LogP contribution in [-0.2, 0) is 11.2 Å². The second-order valence-electron chi connectivity index (χ2n) is 4.10. The standard InChI is InChI=1S/C13H22N2O2/c1-4-7-10-9-12(16)15-13(14-10)11(8-5-2)17-6-3/h9,11H,4-8H2,1-3H3,(H,14,15,16). The fourth-order valence-corrected chi connectivity index (χ4v) is 1.83. The quantitative estimate of drug-likeness (QED) is 0.794. The van der Waals surface area contributed by atoms with E-state index in [9.17, 15) is 4.79 Å². The van der Waals surface area contributed by atoms with E-state index in [-0.39, 0.29) is 11.7 Å². The second kappa shape index (κ2) is 7.22. The van der Waals surface area contributed by atoms with E-state index in [1.165, 1.54) is 0 Å². The van der Waals surface area contributed by atoms with Gasteiger partial charge in [0.2, 0.25) is 0 Å². The van der Waals surface area contributed by atoms with Crippen molar-refractivity contribution in [2.24, 2.45) is 0 Å². The van der Waals surface area contributed by atoms with Gasteiger partial charge in [-0.25, -0.2) is 4.98 Å². The minimum atomic E-state index is -0.0884. The number of hydrogen-bond donors (Lipinski definition) is 1. The van der Waals surface area contributed by atoms with Crippen LogP contribution in [0.5, 0.6) is 0 Å². The van der Waals surface area contributed by atoms with E-state index in [0.29, 0.717) is 12.4 Å². The first-order chi connectivity index (χ1) is 8.21. The van der Waals surface area contributed by atoms with E-state index in [4.69, 9.17) is 4.74 Å². The lowest BCUT2D eigenvalue weighted by atomic mass is 10.2. The molecule has 0 spiro atoms. The molecule has 4 nitrogen and oxygen atoms in total. The van der Waals surface area contributed by atoms with Gasteiger partial charge in [-0.2, -0.15) is 0 Å². The predicted octanol–water partition coefficient (Wildman–Crippen LogP) is 2.60. The Hall–Kier alpha value is -1.16. The minimum absolute atomic E-state index is 0.0840. The molecule has 1 aromatic rings. The first-order valence-electron chi connectivity index (χ1n) is 6.42. The summed E-state index contributed by atoms with van der Waals surface area (Å²) in [6.45, 7) is 6.76. The van der Waals surface area contributed by atoms with Crippen LogP contribution in [0.15, 0.2) is 10.9 Å². The Kier molecular flexibility index (Phi) is 5.91. The third kappa shape index (κ3) is 4.30. The highest BCUT2D eigenvalue weighted by atomic mass is 16.5. The molecule has 1 N–H and O–H groups in total. The third-order valence-electron chi connectivity index (χ3n) is 2.54. The minimum Gasteiger partial charge on any atom is -0.371 e. The van der Waals surface area contributed by atoms with Gasteiger partial charge < -0.3 is 9.72 Å². The first kappa shape index (κ1) is 13.9. The molecule has 0 saturated carbocycles. The fourth-order valence-electron chi connectivity index (χ4n) is 1.83. The molecule has 0 bridgehead atoms. The summed E-state index contributed by atoms with van der Waals surface area (Å²) in [5, 5.41) is 0. The van der Waals surface area contributed by atoms with Crippen LogP contribution < -0.4 is 5.56 Å². The normalized spacial score (nSPS) is 12.6. The zero-order chi connectivity index (χ0) is 12.7. The van der Waals surface area contributed by atoms with Gasteiger partial charge >= 0.3 is 0 Å². The molecule has 1 aromatic heterocycles. The van der Waals surface area contributed by atoms with Crippen LogP contribution in [0.2, 0.25) is 0 Å². The van der Waals surface area contributed by atoms with Gasteiger partial charge in [0.05, 0.1) is 0 Å². The molecule has 0 aliphatic rings. The van der Waals surface area contributed by atoms with E-state index < -0.39 is 0 Å². The van der Waals surface area contributed by atoms with Crippen LogP contribution in [0.1, 0.15) is 57.7 Å². The Balaban J connectivity index is 2.96. The number of ether oxygens (including phenoxy) is 1. The van der Waals surface area contributed by atoms with Crippen molar-refractivity contribution in [3.63, 3.8) is 0 Å². The van der Waals surface area contributed by atoms with Gasteiger partial charge in [0.25, 0.3) is 5.56 Å². The zero-order valence-corrected chi connectivity index (χ0v) is 11.0. The summed E-state index contributed by atoms with van der Waals surface area (Å²) in [6.07, 6.45) is 3.62. The van der Waals surface area contributed by atoms with Crippen molar-refractivity contribution < 1.29 is 4.74 Å². The van der Waals surface area contributed by atoms with Crippen molar-refractivity contribution in [3.05, 3.63) is 27.9 Å². The smallest absolute Gasteiger partial charge is 0.251 e. The fraction of sp³-hybridized carbons (Fsp3) is 0.692. The van der Waals surface area contributed by atoms with Crippen molar-refractivity contribution in [2.75, 3.05) is 6.61 Å². The lowest BCUT2D eigenvalue weighted by molar-refractivity contribution is 0.0490. The van der Waals surface area contributed by atoms with Gasteiger partial charge in [0, 0.05) is 18.4 Å². The van der Waals surface area contributed by atoms with Gasteiger partial charge in [0.1, 0.15) is 11.9 Å². The number of H-pyrrole nitrogens is 1. The molecule has 17 heavy (non-hydrogen) atoms. The summed E-state index contributed by atoms with van der Waals surface area (Å²) >= 11 is 0. The topological polar surface area (TPSA) is 55.0 Å². The van der Waals surface area contributed by atoms with Crippen molar-refractivity contribution in [3.8, 4) is 0 Å². The molecule has 0 saturated heterocycles. The van der Waals surface area contributed by atoms with Crippen LogP contribution in [0.3, 0.4) is 0 Å². The molecule has 0 aliphatic heterocycles. The second-order valence-corrected chi connectivity index (χ2v) is 4.10. The Bertz CT molecular complexity index is 381. The average molecular weight is 238 g/mol. The molecule has 0 amide bonds. The van der Waals surface area contributed by atoms with Gasteiger partial charge in [-0.15, -0.1) is 0 Å². The molecule has 0 aliphatic carbocycles. The van der Waals surface area contributed by atoms with Crippen molar-refractivity contribution in [2.45, 2.75) is 52.6 Å². The molecule has 96 valence electrons. The summed E-state index contributed by atoms with van der Waals surface area (Å²) in [6, 6.07) is 1.57. The van der Waals surface area contributed by atoms with Gasteiger partial charge in [-0.05, 0) is 19.8 Å². The number of hydrogen-bond acceptors (Lipinski definition) is 3. The third-order valence-corrected chi connectivity index (χ3v) is 2.54. The lowest BCUT2D eigenvalue weighted by Crippen LogP contribution is -2.17. The van der Waals surface area contributed by atoms with E-state index in [0.717, 1.165) is 31.4 Å². The average Bonchev–Trinajstić information content (AvgIpc) is 2.28. The summed E-state index contributed by atoms with van der Waals surface area (Å²) in [4.78, 5) is 18.8. The van der Waals surface area contributed by atoms with Gasteiger partial charge in [-0.1, -0.05) is 26.7 Å². The Labute approximate surface area is 102 Å². The Morgan fingerprint density at radius 2 is 2.12 bits per heavy atom. The maximum atomic E-state index is 11.5. The zero-order valence-electron chi connectivity index (χ0n) is 11.0. The molecule has 4 heteroatoms. The lowest BCUT2D eigenvalue weighted by Gasteiger charge is -2.15. The van der Waals surface area contributed by atoms with E-state index in [2.05, 4.69) is 23.8 Å². The molecule has 1 atom stereocenters. The molecule has 1 rings (SSSR count). The van der Waals surface area contributed by atoms with E-state index in [1.54, 1.807) is 6.07 Å². The summed E-state index contributed by atoms with van der Waals surface area (Å²) in [5.41, 5.74) is 0.770. The van der Waals surface area contributed by atoms with Crippen LogP contribution >= 0.6 is 0 Å². The highest BCUT2D eigenvalue weighted by Crippen LogP contribution is 2.18. The number of rotatable bonds is 7. The van der Waals surface area contributed by atoms with Crippen LogP contribution in [0.25, 0.3) is 0 Å².